The van der Waals surface area contributed by atoms with Gasteiger partial charge in [-0.05, 0) is 57.4 Å². The van der Waals surface area contributed by atoms with Crippen LogP contribution in [0.25, 0.3) is 0 Å². The Morgan fingerprint density at radius 1 is 1.28 bits per heavy atom. The Kier molecular flexibility index (Phi) is 6.37. The molecule has 0 aromatic heterocycles. The topological polar surface area (TPSA) is 75.6 Å². The predicted octanol–water partition coefficient (Wildman–Crippen LogP) is 3.69. The number of esters is 1. The largest absolute Gasteiger partial charge is 0.444 e. The van der Waals surface area contributed by atoms with Crippen molar-refractivity contribution >= 4 is 11.9 Å². The smallest absolute Gasteiger partial charge is 0.331 e. The lowest BCUT2D eigenvalue weighted by Gasteiger charge is -2.45. The number of aliphatic hydroxyl groups excluding tert-OH is 1. The molecule has 5 nitrogen and oxygen atoms in total. The van der Waals surface area contributed by atoms with Gasteiger partial charge in [0.2, 0.25) is 5.60 Å². The fourth-order valence-electron chi connectivity index (χ4n) is 5.29. The summed E-state index contributed by atoms with van der Waals surface area (Å²) in [6.45, 7) is 10.6. The average Bonchev–Trinajstić information content (AvgIpc) is 2.89. The highest BCUT2D eigenvalue weighted by Crippen LogP contribution is 2.50. The number of hydrogen-bond donors (Lipinski definition) is 2. The standard InChI is InChI=1S/C24H35NO4/c1-14(2)11-20-22-17(5)16(4)13-18-12-15(3)7-6-8-19(26)9-10-21(27)29-24(18,22)23(28)25-20/h9-10,12-14,17-20,22,26H,6-8,11H2,1-5H3,(H,25,28)/t17-,18+,19-,20+,22+,24-/m1/s1. The summed E-state index contributed by atoms with van der Waals surface area (Å²) in [5, 5.41) is 13.3. The maximum atomic E-state index is 13.4. The molecule has 5 heteroatoms. The van der Waals surface area contributed by atoms with E-state index in [9.17, 15) is 14.7 Å². The molecule has 29 heavy (non-hydrogen) atoms. The summed E-state index contributed by atoms with van der Waals surface area (Å²) in [6.07, 6.45) is 9.40. The fourth-order valence-corrected chi connectivity index (χ4v) is 5.29. The van der Waals surface area contributed by atoms with E-state index in [-0.39, 0.29) is 29.7 Å². The molecule has 1 fully saturated rings. The van der Waals surface area contributed by atoms with Crippen molar-refractivity contribution in [2.24, 2.45) is 23.7 Å². The van der Waals surface area contributed by atoms with Crippen molar-refractivity contribution in [2.45, 2.75) is 78.0 Å². The molecular weight excluding hydrogens is 366 g/mol. The number of hydrogen-bond acceptors (Lipinski definition) is 4. The molecule has 2 heterocycles. The molecule has 2 aliphatic heterocycles. The third kappa shape index (κ3) is 4.20. The van der Waals surface area contributed by atoms with Crippen molar-refractivity contribution in [1.82, 2.24) is 5.32 Å². The Bertz CT molecular complexity index is 750. The van der Waals surface area contributed by atoms with E-state index in [0.29, 0.717) is 12.3 Å². The van der Waals surface area contributed by atoms with E-state index in [2.05, 4.69) is 52.1 Å². The van der Waals surface area contributed by atoms with Crippen molar-refractivity contribution < 1.29 is 19.4 Å². The first-order valence-electron chi connectivity index (χ1n) is 10.9. The SMILES string of the molecule is CC1=C[C@H]2C=C(C)[C@@H](C)[C@H]3[C@H](CC(C)C)NC(=O)[C@@]23OC(=O)C=C[C@H](O)CCC1. The van der Waals surface area contributed by atoms with Crippen LogP contribution in [0.5, 0.6) is 0 Å². The Morgan fingerprint density at radius 3 is 2.69 bits per heavy atom. The molecular formula is C24H35NO4. The van der Waals surface area contributed by atoms with Gasteiger partial charge in [0.15, 0.2) is 0 Å². The van der Waals surface area contributed by atoms with Crippen LogP contribution in [-0.2, 0) is 14.3 Å². The minimum Gasteiger partial charge on any atom is -0.444 e. The third-order valence-corrected chi connectivity index (χ3v) is 6.78. The summed E-state index contributed by atoms with van der Waals surface area (Å²) in [5.74, 6) is -0.632. The van der Waals surface area contributed by atoms with E-state index >= 15 is 0 Å². The van der Waals surface area contributed by atoms with Crippen molar-refractivity contribution in [3.05, 3.63) is 35.5 Å². The van der Waals surface area contributed by atoms with Crippen LogP contribution in [0.1, 0.15) is 60.3 Å². The summed E-state index contributed by atoms with van der Waals surface area (Å²) in [4.78, 5) is 26.2. The maximum Gasteiger partial charge on any atom is 0.331 e. The highest BCUT2D eigenvalue weighted by molar-refractivity contribution is 5.94. The van der Waals surface area contributed by atoms with Crippen LogP contribution < -0.4 is 5.32 Å². The van der Waals surface area contributed by atoms with E-state index in [1.165, 1.54) is 17.7 Å². The van der Waals surface area contributed by atoms with Gasteiger partial charge < -0.3 is 15.2 Å². The molecule has 0 radical (unpaired) electrons. The van der Waals surface area contributed by atoms with Gasteiger partial charge in [-0.3, -0.25) is 4.79 Å². The zero-order chi connectivity index (χ0) is 21.3. The van der Waals surface area contributed by atoms with Crippen molar-refractivity contribution in [3.63, 3.8) is 0 Å². The second-order valence-corrected chi connectivity index (χ2v) is 9.51. The van der Waals surface area contributed by atoms with Gasteiger partial charge in [0, 0.05) is 24.0 Å². The summed E-state index contributed by atoms with van der Waals surface area (Å²) >= 11 is 0. The van der Waals surface area contributed by atoms with Gasteiger partial charge in [0.25, 0.3) is 5.91 Å². The van der Waals surface area contributed by atoms with Gasteiger partial charge in [-0.25, -0.2) is 4.79 Å². The molecule has 1 saturated heterocycles. The molecule has 3 rings (SSSR count). The molecule has 1 aliphatic carbocycles. The Balaban J connectivity index is 2.13. The monoisotopic (exact) mass is 401 g/mol. The average molecular weight is 402 g/mol. The number of nitrogens with one attached hydrogen (secondary N) is 1. The number of ether oxygens (including phenoxy) is 1. The molecule has 0 aromatic carbocycles. The number of carbonyl (C=O) groups is 2. The third-order valence-electron chi connectivity index (χ3n) is 6.78. The van der Waals surface area contributed by atoms with Gasteiger partial charge >= 0.3 is 5.97 Å². The summed E-state index contributed by atoms with van der Waals surface area (Å²) in [5.41, 5.74) is 1.14. The van der Waals surface area contributed by atoms with Gasteiger partial charge in [0.1, 0.15) is 0 Å². The molecule has 1 spiro atoms. The molecule has 0 bridgehead atoms. The van der Waals surface area contributed by atoms with Gasteiger partial charge in [-0.15, -0.1) is 0 Å². The Labute approximate surface area is 174 Å². The van der Waals surface area contributed by atoms with Crippen LogP contribution >= 0.6 is 0 Å². The molecule has 0 aromatic rings. The molecule has 0 saturated carbocycles. The number of aliphatic hydroxyl groups is 1. The summed E-state index contributed by atoms with van der Waals surface area (Å²) in [6, 6.07) is -0.0346. The van der Waals surface area contributed by atoms with Crippen molar-refractivity contribution in [3.8, 4) is 0 Å². The molecule has 2 N–H and O–H groups in total. The summed E-state index contributed by atoms with van der Waals surface area (Å²) in [7, 11) is 0. The van der Waals surface area contributed by atoms with Crippen LogP contribution in [0.2, 0.25) is 0 Å². The number of amides is 1. The van der Waals surface area contributed by atoms with Gasteiger partial charge in [-0.1, -0.05) is 44.1 Å². The van der Waals surface area contributed by atoms with Gasteiger partial charge in [-0.2, -0.15) is 0 Å². The lowest BCUT2D eigenvalue weighted by Crippen LogP contribution is -2.56. The Hall–Kier alpha value is -1.88. The van der Waals surface area contributed by atoms with Crippen molar-refractivity contribution in [1.29, 1.82) is 0 Å². The molecule has 3 aliphatic rings. The van der Waals surface area contributed by atoms with Crippen LogP contribution in [-0.4, -0.2) is 34.7 Å². The number of carbonyl (C=O) groups excluding carboxylic acids is 2. The van der Waals surface area contributed by atoms with Crippen LogP contribution in [0.15, 0.2) is 35.5 Å². The first-order valence-corrected chi connectivity index (χ1v) is 10.9. The second-order valence-electron chi connectivity index (χ2n) is 9.51. The van der Waals surface area contributed by atoms with Crippen LogP contribution in [0.3, 0.4) is 0 Å². The minimum atomic E-state index is -1.24. The highest BCUT2D eigenvalue weighted by Gasteiger charge is 2.64. The Morgan fingerprint density at radius 2 is 2.00 bits per heavy atom. The normalized spacial score (nSPS) is 38.1. The zero-order valence-electron chi connectivity index (χ0n) is 18.3. The van der Waals surface area contributed by atoms with Crippen LogP contribution in [0.4, 0.5) is 0 Å². The lowest BCUT2D eigenvalue weighted by molar-refractivity contribution is -0.172. The highest BCUT2D eigenvalue weighted by atomic mass is 16.6. The van der Waals surface area contributed by atoms with Crippen molar-refractivity contribution in [2.75, 3.05) is 0 Å². The predicted molar refractivity (Wildman–Crippen MR) is 113 cm³/mol. The molecule has 0 unspecified atom stereocenters. The summed E-state index contributed by atoms with van der Waals surface area (Å²) < 4.78 is 6.04. The molecule has 6 atom stereocenters. The molecule has 1 amide bonds. The first-order chi connectivity index (χ1) is 13.6. The minimum absolute atomic E-state index is 0.0346. The van der Waals surface area contributed by atoms with Gasteiger partial charge in [0.05, 0.1) is 6.10 Å². The van der Waals surface area contributed by atoms with E-state index in [1.807, 2.05) is 0 Å². The fraction of sp³-hybridized carbons (Fsp3) is 0.667. The second kappa shape index (κ2) is 8.47. The van der Waals surface area contributed by atoms with E-state index < -0.39 is 17.7 Å². The number of allylic oxidation sites excluding steroid dienone is 2. The van der Waals surface area contributed by atoms with E-state index in [4.69, 9.17) is 4.74 Å². The lowest BCUT2D eigenvalue weighted by atomic mass is 9.63. The zero-order valence-corrected chi connectivity index (χ0v) is 18.3. The quantitative estimate of drug-likeness (QED) is 0.547. The van der Waals surface area contributed by atoms with Crippen LogP contribution in [0, 0.1) is 23.7 Å². The number of rotatable bonds is 2. The molecule has 160 valence electrons. The first kappa shape index (κ1) is 21.8. The maximum absolute atomic E-state index is 13.4. The van der Waals surface area contributed by atoms with E-state index in [0.717, 1.165) is 24.8 Å². The van der Waals surface area contributed by atoms with E-state index in [1.54, 1.807) is 0 Å².